The van der Waals surface area contributed by atoms with Gasteiger partial charge < -0.3 is 24.2 Å². The van der Waals surface area contributed by atoms with Crippen LogP contribution in [0.15, 0.2) is 0 Å². The van der Waals surface area contributed by atoms with Crippen LogP contribution in [0.4, 0.5) is 0 Å². The summed E-state index contributed by atoms with van der Waals surface area (Å²) in [7, 11) is 2.97. The van der Waals surface area contributed by atoms with Crippen molar-refractivity contribution in [1.29, 1.82) is 0 Å². The molecule has 0 heterocycles. The standard InChI is InChI=1S/C9H19NO5/c1-8(4-11)10(6-13-2)9(12)5-15-7-14-3/h8,11H,4-7H2,1-3H3. The topological polar surface area (TPSA) is 68.2 Å². The van der Waals surface area contributed by atoms with E-state index in [2.05, 4.69) is 4.74 Å². The lowest BCUT2D eigenvalue weighted by Crippen LogP contribution is -2.43. The number of aliphatic hydroxyl groups is 1. The maximum Gasteiger partial charge on any atom is 0.250 e. The fourth-order valence-electron chi connectivity index (χ4n) is 0.978. The number of methoxy groups -OCH3 is 2. The Labute approximate surface area is 89.7 Å². The van der Waals surface area contributed by atoms with Crippen molar-refractivity contribution in [3.8, 4) is 0 Å². The summed E-state index contributed by atoms with van der Waals surface area (Å²) in [4.78, 5) is 13.0. The van der Waals surface area contributed by atoms with E-state index >= 15 is 0 Å². The highest BCUT2D eigenvalue weighted by Crippen LogP contribution is 1.99. The van der Waals surface area contributed by atoms with E-state index in [9.17, 15) is 4.79 Å². The van der Waals surface area contributed by atoms with Crippen molar-refractivity contribution in [2.75, 3.05) is 41.0 Å². The molecule has 0 bridgehead atoms. The van der Waals surface area contributed by atoms with E-state index < -0.39 is 0 Å². The van der Waals surface area contributed by atoms with Crippen LogP contribution < -0.4 is 0 Å². The zero-order valence-corrected chi connectivity index (χ0v) is 9.43. The Morgan fingerprint density at radius 1 is 1.40 bits per heavy atom. The molecule has 0 aromatic rings. The maximum absolute atomic E-state index is 11.6. The van der Waals surface area contributed by atoms with Gasteiger partial charge in [0.25, 0.3) is 5.91 Å². The smallest absolute Gasteiger partial charge is 0.250 e. The van der Waals surface area contributed by atoms with E-state index in [0.717, 1.165) is 0 Å². The Bertz CT molecular complexity index is 176. The van der Waals surface area contributed by atoms with Crippen molar-refractivity contribution in [2.45, 2.75) is 13.0 Å². The second-order valence-electron chi connectivity index (χ2n) is 3.07. The van der Waals surface area contributed by atoms with Crippen molar-refractivity contribution in [1.82, 2.24) is 4.90 Å². The molecule has 1 N–H and O–H groups in total. The first-order valence-electron chi connectivity index (χ1n) is 4.63. The molecule has 0 aromatic carbocycles. The summed E-state index contributed by atoms with van der Waals surface area (Å²) < 4.78 is 14.4. The third-order valence-corrected chi connectivity index (χ3v) is 1.81. The second kappa shape index (κ2) is 8.60. The predicted octanol–water partition coefficient (Wildman–Crippen LogP) is -0.580. The summed E-state index contributed by atoms with van der Waals surface area (Å²) in [5.41, 5.74) is 0. The van der Waals surface area contributed by atoms with Gasteiger partial charge >= 0.3 is 0 Å². The Morgan fingerprint density at radius 3 is 2.53 bits per heavy atom. The second-order valence-corrected chi connectivity index (χ2v) is 3.07. The van der Waals surface area contributed by atoms with Crippen molar-refractivity contribution in [3.63, 3.8) is 0 Å². The van der Waals surface area contributed by atoms with E-state index in [1.807, 2.05) is 0 Å². The van der Waals surface area contributed by atoms with Crippen molar-refractivity contribution < 1.29 is 24.1 Å². The van der Waals surface area contributed by atoms with Gasteiger partial charge in [-0.2, -0.15) is 0 Å². The molecule has 1 atom stereocenters. The molecule has 0 aromatic heterocycles. The predicted molar refractivity (Wildman–Crippen MR) is 53.1 cm³/mol. The average Bonchev–Trinajstić information content (AvgIpc) is 2.25. The molecule has 15 heavy (non-hydrogen) atoms. The highest BCUT2D eigenvalue weighted by molar-refractivity contribution is 5.77. The third-order valence-electron chi connectivity index (χ3n) is 1.81. The summed E-state index contributed by atoms with van der Waals surface area (Å²) in [6.45, 7) is 1.74. The molecule has 0 aliphatic heterocycles. The van der Waals surface area contributed by atoms with Gasteiger partial charge in [-0.3, -0.25) is 4.79 Å². The molecule has 0 saturated heterocycles. The maximum atomic E-state index is 11.6. The van der Waals surface area contributed by atoms with Crippen LogP contribution in [0, 0.1) is 0 Å². The number of nitrogens with zero attached hydrogens (tertiary/aromatic N) is 1. The lowest BCUT2D eigenvalue weighted by atomic mass is 10.3. The zero-order chi connectivity index (χ0) is 11.7. The summed E-state index contributed by atoms with van der Waals surface area (Å²) in [6.07, 6.45) is 0. The Hall–Kier alpha value is -0.690. The van der Waals surface area contributed by atoms with Gasteiger partial charge in [-0.1, -0.05) is 0 Å². The number of hydrogen-bond acceptors (Lipinski definition) is 5. The first-order chi connectivity index (χ1) is 7.17. The van der Waals surface area contributed by atoms with Gasteiger partial charge in [0.1, 0.15) is 20.1 Å². The molecule has 0 rings (SSSR count). The molecule has 0 radical (unpaired) electrons. The van der Waals surface area contributed by atoms with Crippen molar-refractivity contribution in [2.24, 2.45) is 0 Å². The van der Waals surface area contributed by atoms with E-state index in [0.29, 0.717) is 0 Å². The highest BCUT2D eigenvalue weighted by Gasteiger charge is 2.18. The zero-order valence-electron chi connectivity index (χ0n) is 9.43. The molecule has 0 aliphatic carbocycles. The summed E-state index contributed by atoms with van der Waals surface area (Å²) in [5, 5.41) is 8.94. The van der Waals surface area contributed by atoms with Crippen LogP contribution in [-0.2, 0) is 19.0 Å². The SMILES string of the molecule is COCOCC(=O)N(COC)C(C)CO. The normalized spacial score (nSPS) is 12.5. The van der Waals surface area contributed by atoms with Crippen LogP contribution >= 0.6 is 0 Å². The van der Waals surface area contributed by atoms with Gasteiger partial charge in [0, 0.05) is 14.2 Å². The van der Waals surface area contributed by atoms with Gasteiger partial charge in [0.2, 0.25) is 0 Å². The van der Waals surface area contributed by atoms with Crippen molar-refractivity contribution >= 4 is 5.91 Å². The van der Waals surface area contributed by atoms with Crippen LogP contribution in [0.25, 0.3) is 0 Å². The van der Waals surface area contributed by atoms with Crippen LogP contribution in [0.5, 0.6) is 0 Å². The van der Waals surface area contributed by atoms with Crippen LogP contribution in [-0.4, -0.2) is 62.9 Å². The molecule has 1 unspecified atom stereocenters. The van der Waals surface area contributed by atoms with E-state index in [4.69, 9.17) is 14.6 Å². The number of rotatable bonds is 8. The minimum absolute atomic E-state index is 0.0695. The van der Waals surface area contributed by atoms with Gasteiger partial charge in [-0.05, 0) is 6.92 Å². The molecule has 0 spiro atoms. The number of hydrogen-bond donors (Lipinski definition) is 1. The highest BCUT2D eigenvalue weighted by atomic mass is 16.7. The molecule has 1 amide bonds. The monoisotopic (exact) mass is 221 g/mol. The third kappa shape index (κ3) is 5.68. The number of ether oxygens (including phenoxy) is 3. The summed E-state index contributed by atoms with van der Waals surface area (Å²) in [5.74, 6) is -0.240. The summed E-state index contributed by atoms with van der Waals surface area (Å²) >= 11 is 0. The van der Waals surface area contributed by atoms with E-state index in [1.54, 1.807) is 6.92 Å². The van der Waals surface area contributed by atoms with Crippen LogP contribution in [0.1, 0.15) is 6.92 Å². The number of carbonyl (C=O) groups excluding carboxylic acids is 1. The Kier molecular flexibility index (Phi) is 8.21. The number of amides is 1. The number of carbonyl (C=O) groups is 1. The minimum atomic E-state index is -0.288. The molecule has 6 heteroatoms. The van der Waals surface area contributed by atoms with E-state index in [1.165, 1.54) is 19.1 Å². The fraction of sp³-hybridized carbons (Fsp3) is 0.889. The van der Waals surface area contributed by atoms with Gasteiger partial charge in [0.15, 0.2) is 0 Å². The minimum Gasteiger partial charge on any atom is -0.394 e. The van der Waals surface area contributed by atoms with Crippen molar-refractivity contribution in [3.05, 3.63) is 0 Å². The average molecular weight is 221 g/mol. The lowest BCUT2D eigenvalue weighted by Gasteiger charge is -2.26. The Morgan fingerprint density at radius 2 is 2.07 bits per heavy atom. The molecule has 6 nitrogen and oxygen atoms in total. The first-order valence-corrected chi connectivity index (χ1v) is 4.63. The van der Waals surface area contributed by atoms with Crippen LogP contribution in [0.2, 0.25) is 0 Å². The quantitative estimate of drug-likeness (QED) is 0.439. The largest absolute Gasteiger partial charge is 0.394 e. The van der Waals surface area contributed by atoms with Gasteiger partial charge in [0.05, 0.1) is 12.6 Å². The van der Waals surface area contributed by atoms with E-state index in [-0.39, 0.29) is 38.7 Å². The molecule has 90 valence electrons. The molecule has 0 aliphatic rings. The fourth-order valence-corrected chi connectivity index (χ4v) is 0.978. The summed E-state index contributed by atoms with van der Waals surface area (Å²) in [6, 6.07) is -0.288. The molecule has 0 saturated carbocycles. The first kappa shape index (κ1) is 14.3. The Balaban J connectivity index is 4.04. The van der Waals surface area contributed by atoms with Crippen LogP contribution in [0.3, 0.4) is 0 Å². The molecular formula is C9H19NO5. The van der Waals surface area contributed by atoms with Gasteiger partial charge in [-0.25, -0.2) is 0 Å². The lowest BCUT2D eigenvalue weighted by molar-refractivity contribution is -0.149. The van der Waals surface area contributed by atoms with Gasteiger partial charge in [-0.15, -0.1) is 0 Å². The molecule has 0 fully saturated rings. The number of aliphatic hydroxyl groups excluding tert-OH is 1. The molecular weight excluding hydrogens is 202 g/mol.